The Labute approximate surface area is 173 Å². The third-order valence-electron chi connectivity index (χ3n) is 4.90. The van der Waals surface area contributed by atoms with Gasteiger partial charge in [-0.25, -0.2) is 0 Å². The minimum Gasteiger partial charge on any atom is -0.508 e. The zero-order valence-electron chi connectivity index (χ0n) is 17.0. The van der Waals surface area contributed by atoms with Crippen LogP contribution in [0.4, 0.5) is 5.69 Å². The van der Waals surface area contributed by atoms with Gasteiger partial charge in [0.2, 0.25) is 0 Å². The van der Waals surface area contributed by atoms with Crippen molar-refractivity contribution >= 4 is 5.69 Å². The molecule has 0 aliphatic rings. The van der Waals surface area contributed by atoms with Crippen LogP contribution in [0.15, 0.2) is 42.5 Å². The molecule has 6 N–H and O–H groups in total. The Morgan fingerprint density at radius 1 is 0.966 bits per heavy atom. The van der Waals surface area contributed by atoms with Crippen LogP contribution < -0.4 is 11.1 Å². The Bertz CT molecular complexity index is 707. The van der Waals surface area contributed by atoms with Crippen LogP contribution in [0, 0.1) is 0 Å². The second kappa shape index (κ2) is 13.2. The van der Waals surface area contributed by atoms with Gasteiger partial charge in [-0.3, -0.25) is 0 Å². The van der Waals surface area contributed by atoms with Crippen molar-refractivity contribution in [3.63, 3.8) is 0 Å². The number of phenols is 1. The number of hydrogen-bond acceptors (Lipinski definition) is 6. The SMILES string of the molecule is Nc1ccc(CCOCCCCCCNCC(O)c2ccc(O)c(CO)c2)cc1. The van der Waals surface area contributed by atoms with Crippen molar-refractivity contribution in [2.75, 3.05) is 32.0 Å². The molecule has 0 heterocycles. The van der Waals surface area contributed by atoms with Gasteiger partial charge in [0.15, 0.2) is 0 Å². The molecule has 0 bridgehead atoms. The Hall–Kier alpha value is -2.12. The standard InChI is InChI=1S/C23H34N2O4/c24-21-8-5-18(6-9-21)11-14-29-13-4-2-1-3-12-25-16-23(28)19-7-10-22(27)20(15-19)17-26/h5-10,15,23,25-28H,1-4,11-14,16-17,24H2. The maximum Gasteiger partial charge on any atom is 0.121 e. The number of unbranched alkanes of at least 4 members (excludes halogenated alkanes) is 3. The molecule has 0 amide bonds. The van der Waals surface area contributed by atoms with Gasteiger partial charge in [0.1, 0.15) is 5.75 Å². The van der Waals surface area contributed by atoms with Crippen molar-refractivity contribution in [2.45, 2.75) is 44.8 Å². The summed E-state index contributed by atoms with van der Waals surface area (Å²) in [6.07, 6.45) is 4.61. The highest BCUT2D eigenvalue weighted by Crippen LogP contribution is 2.22. The van der Waals surface area contributed by atoms with Gasteiger partial charge >= 0.3 is 0 Å². The van der Waals surface area contributed by atoms with Gasteiger partial charge in [-0.05, 0) is 61.2 Å². The highest BCUT2D eigenvalue weighted by molar-refractivity contribution is 5.39. The van der Waals surface area contributed by atoms with Crippen LogP contribution in [0.2, 0.25) is 0 Å². The number of aliphatic hydroxyl groups is 2. The smallest absolute Gasteiger partial charge is 0.121 e. The first-order valence-electron chi connectivity index (χ1n) is 10.3. The number of aliphatic hydroxyl groups excluding tert-OH is 2. The Balaban J connectivity index is 1.44. The van der Waals surface area contributed by atoms with Crippen molar-refractivity contribution in [1.82, 2.24) is 5.32 Å². The number of nitrogens with one attached hydrogen (secondary N) is 1. The van der Waals surface area contributed by atoms with Crippen LogP contribution in [0.1, 0.15) is 48.5 Å². The van der Waals surface area contributed by atoms with Gasteiger partial charge < -0.3 is 31.1 Å². The lowest BCUT2D eigenvalue weighted by molar-refractivity contribution is 0.133. The van der Waals surface area contributed by atoms with E-state index in [1.54, 1.807) is 12.1 Å². The number of nitrogens with two attached hydrogens (primary N) is 1. The molecule has 0 aromatic heterocycles. The largest absolute Gasteiger partial charge is 0.508 e. The van der Waals surface area contributed by atoms with Crippen LogP contribution >= 0.6 is 0 Å². The summed E-state index contributed by atoms with van der Waals surface area (Å²) < 4.78 is 5.69. The quantitative estimate of drug-likeness (QED) is 0.246. The van der Waals surface area contributed by atoms with Crippen molar-refractivity contribution in [2.24, 2.45) is 0 Å². The van der Waals surface area contributed by atoms with Gasteiger partial charge in [0.25, 0.3) is 0 Å². The molecule has 0 saturated carbocycles. The lowest BCUT2D eigenvalue weighted by Crippen LogP contribution is -2.22. The maximum atomic E-state index is 10.2. The Kier molecular flexibility index (Phi) is 10.5. The van der Waals surface area contributed by atoms with Gasteiger partial charge in [-0.15, -0.1) is 0 Å². The van der Waals surface area contributed by atoms with Gasteiger partial charge in [0, 0.05) is 24.4 Å². The highest BCUT2D eigenvalue weighted by Gasteiger charge is 2.09. The molecule has 0 spiro atoms. The highest BCUT2D eigenvalue weighted by atomic mass is 16.5. The zero-order valence-corrected chi connectivity index (χ0v) is 17.0. The summed E-state index contributed by atoms with van der Waals surface area (Å²) in [4.78, 5) is 0. The Morgan fingerprint density at radius 3 is 2.48 bits per heavy atom. The van der Waals surface area contributed by atoms with Crippen LogP contribution in [0.5, 0.6) is 5.75 Å². The number of benzene rings is 2. The predicted octanol–water partition coefficient (Wildman–Crippen LogP) is 2.91. The second-order valence-electron chi connectivity index (χ2n) is 7.28. The molecular formula is C23H34N2O4. The number of ether oxygens (including phenoxy) is 1. The fraction of sp³-hybridized carbons (Fsp3) is 0.478. The molecule has 6 heteroatoms. The fourth-order valence-corrected chi connectivity index (χ4v) is 3.08. The molecule has 2 aromatic carbocycles. The minimum absolute atomic E-state index is 0.0469. The molecule has 29 heavy (non-hydrogen) atoms. The van der Waals surface area contributed by atoms with E-state index in [0.29, 0.717) is 17.7 Å². The average Bonchev–Trinajstić information content (AvgIpc) is 2.73. The molecule has 1 unspecified atom stereocenters. The molecule has 2 rings (SSSR count). The summed E-state index contributed by atoms with van der Waals surface area (Å²) in [5.41, 5.74) is 8.82. The molecule has 2 aromatic rings. The van der Waals surface area contributed by atoms with Crippen molar-refractivity contribution in [3.8, 4) is 5.75 Å². The lowest BCUT2D eigenvalue weighted by atomic mass is 10.1. The van der Waals surface area contributed by atoms with E-state index in [2.05, 4.69) is 5.32 Å². The average molecular weight is 403 g/mol. The summed E-state index contributed by atoms with van der Waals surface area (Å²) in [6.45, 7) is 2.57. The molecule has 0 saturated heterocycles. The number of aromatic hydroxyl groups is 1. The van der Waals surface area contributed by atoms with E-state index < -0.39 is 6.10 Å². The first kappa shape index (κ1) is 23.2. The van der Waals surface area contributed by atoms with E-state index in [-0.39, 0.29) is 12.4 Å². The van der Waals surface area contributed by atoms with Crippen LogP contribution in [-0.4, -0.2) is 41.6 Å². The van der Waals surface area contributed by atoms with Crippen LogP contribution in [0.3, 0.4) is 0 Å². The first-order chi connectivity index (χ1) is 14.1. The summed E-state index contributed by atoms with van der Waals surface area (Å²) >= 11 is 0. The number of rotatable bonds is 14. The lowest BCUT2D eigenvalue weighted by Gasteiger charge is -2.14. The molecule has 0 aliphatic carbocycles. The first-order valence-corrected chi connectivity index (χ1v) is 10.3. The van der Waals surface area contributed by atoms with Gasteiger partial charge in [-0.2, -0.15) is 0 Å². The molecule has 0 radical (unpaired) electrons. The van der Waals surface area contributed by atoms with Crippen molar-refractivity contribution < 1.29 is 20.1 Å². The van der Waals surface area contributed by atoms with E-state index >= 15 is 0 Å². The molecule has 160 valence electrons. The second-order valence-corrected chi connectivity index (χ2v) is 7.28. The third kappa shape index (κ3) is 8.83. The molecular weight excluding hydrogens is 368 g/mol. The van der Waals surface area contributed by atoms with E-state index in [1.807, 2.05) is 24.3 Å². The number of nitrogen functional groups attached to an aromatic ring is 1. The third-order valence-corrected chi connectivity index (χ3v) is 4.90. The summed E-state index contributed by atoms with van der Waals surface area (Å²) in [7, 11) is 0. The predicted molar refractivity (Wildman–Crippen MR) is 116 cm³/mol. The monoisotopic (exact) mass is 402 g/mol. The maximum absolute atomic E-state index is 10.2. The van der Waals surface area contributed by atoms with Gasteiger partial charge in [-0.1, -0.05) is 31.0 Å². The summed E-state index contributed by atoms with van der Waals surface area (Å²) in [6, 6.07) is 12.7. The topological polar surface area (TPSA) is 108 Å². The molecule has 1 atom stereocenters. The van der Waals surface area contributed by atoms with Crippen molar-refractivity contribution in [3.05, 3.63) is 59.2 Å². The number of hydrogen-bond donors (Lipinski definition) is 5. The van der Waals surface area contributed by atoms with Crippen LogP contribution in [-0.2, 0) is 17.8 Å². The van der Waals surface area contributed by atoms with Crippen LogP contribution in [0.25, 0.3) is 0 Å². The Morgan fingerprint density at radius 2 is 1.72 bits per heavy atom. The normalized spacial score (nSPS) is 12.2. The minimum atomic E-state index is -0.657. The van der Waals surface area contributed by atoms with E-state index in [9.17, 15) is 15.3 Å². The fourth-order valence-electron chi connectivity index (χ4n) is 3.08. The van der Waals surface area contributed by atoms with Gasteiger partial charge in [0.05, 0.1) is 19.3 Å². The van der Waals surface area contributed by atoms with Crippen molar-refractivity contribution in [1.29, 1.82) is 0 Å². The molecule has 6 nitrogen and oxygen atoms in total. The summed E-state index contributed by atoms with van der Waals surface area (Å²) in [5.74, 6) is 0.0469. The van der Waals surface area contributed by atoms with E-state index in [4.69, 9.17) is 10.5 Å². The molecule has 0 aliphatic heterocycles. The summed E-state index contributed by atoms with van der Waals surface area (Å²) in [5, 5.41) is 32.2. The van der Waals surface area contributed by atoms with E-state index in [0.717, 1.165) is 57.6 Å². The molecule has 0 fully saturated rings. The zero-order chi connectivity index (χ0) is 20.9. The van der Waals surface area contributed by atoms with E-state index in [1.165, 1.54) is 11.6 Å². The number of anilines is 1.